The van der Waals surface area contributed by atoms with Gasteiger partial charge in [0.25, 0.3) is 10.2 Å². The SMILES string of the molecule is CC(C)NC(=O)NCCNS(=O)(=O)N(C)C1CCCC1. The van der Waals surface area contributed by atoms with E-state index in [2.05, 4.69) is 15.4 Å². The third-order valence-electron chi connectivity index (χ3n) is 3.33. The molecule has 8 heteroatoms. The minimum Gasteiger partial charge on any atom is -0.337 e. The average molecular weight is 306 g/mol. The number of amides is 2. The molecule has 0 spiro atoms. The standard InChI is InChI=1S/C12H26N4O3S/c1-10(2)15-12(17)13-8-9-14-20(18,19)16(3)11-6-4-5-7-11/h10-11,14H,4-9H2,1-3H3,(H2,13,15,17). The van der Waals surface area contributed by atoms with Crippen LogP contribution in [-0.2, 0) is 10.2 Å². The fourth-order valence-electron chi connectivity index (χ4n) is 2.24. The summed E-state index contributed by atoms with van der Waals surface area (Å²) in [4.78, 5) is 11.3. The molecule has 0 aromatic heterocycles. The Morgan fingerprint density at radius 2 is 1.85 bits per heavy atom. The molecule has 0 bridgehead atoms. The van der Waals surface area contributed by atoms with E-state index in [9.17, 15) is 13.2 Å². The van der Waals surface area contributed by atoms with Crippen LogP contribution in [0.25, 0.3) is 0 Å². The van der Waals surface area contributed by atoms with Gasteiger partial charge in [-0.3, -0.25) is 0 Å². The third-order valence-corrected chi connectivity index (χ3v) is 4.96. The molecule has 0 saturated heterocycles. The van der Waals surface area contributed by atoms with E-state index in [-0.39, 0.29) is 31.2 Å². The number of hydrogen-bond acceptors (Lipinski definition) is 3. The molecule has 0 aliphatic heterocycles. The highest BCUT2D eigenvalue weighted by Crippen LogP contribution is 2.23. The molecule has 1 aliphatic carbocycles. The predicted octanol–water partition coefficient (Wildman–Crippen LogP) is 0.403. The first-order valence-electron chi connectivity index (χ1n) is 7.10. The first-order valence-corrected chi connectivity index (χ1v) is 8.54. The van der Waals surface area contributed by atoms with Crippen molar-refractivity contribution in [1.29, 1.82) is 0 Å². The number of rotatable bonds is 7. The molecular formula is C12H26N4O3S. The lowest BCUT2D eigenvalue weighted by Gasteiger charge is -2.23. The maximum Gasteiger partial charge on any atom is 0.315 e. The molecule has 2 amide bonds. The Kier molecular flexibility index (Phi) is 6.70. The molecule has 1 saturated carbocycles. The first kappa shape index (κ1) is 17.2. The van der Waals surface area contributed by atoms with E-state index < -0.39 is 10.2 Å². The van der Waals surface area contributed by atoms with E-state index in [1.165, 1.54) is 4.31 Å². The van der Waals surface area contributed by atoms with Gasteiger partial charge in [0.1, 0.15) is 0 Å². The fourth-order valence-corrected chi connectivity index (χ4v) is 3.40. The van der Waals surface area contributed by atoms with Crippen molar-refractivity contribution in [1.82, 2.24) is 19.7 Å². The summed E-state index contributed by atoms with van der Waals surface area (Å²) in [5.74, 6) is 0. The minimum absolute atomic E-state index is 0.0557. The van der Waals surface area contributed by atoms with Crippen molar-refractivity contribution >= 4 is 16.2 Å². The number of nitrogens with zero attached hydrogens (tertiary/aromatic N) is 1. The highest BCUT2D eigenvalue weighted by Gasteiger charge is 2.28. The lowest BCUT2D eigenvalue weighted by molar-refractivity contribution is 0.238. The molecule has 0 atom stereocenters. The number of carbonyl (C=O) groups excluding carboxylic acids is 1. The maximum absolute atomic E-state index is 12.0. The van der Waals surface area contributed by atoms with Crippen molar-refractivity contribution in [2.75, 3.05) is 20.1 Å². The quantitative estimate of drug-likeness (QED) is 0.595. The van der Waals surface area contributed by atoms with E-state index in [0.717, 1.165) is 25.7 Å². The van der Waals surface area contributed by atoms with Gasteiger partial charge in [-0.2, -0.15) is 12.7 Å². The number of hydrogen-bond donors (Lipinski definition) is 3. The van der Waals surface area contributed by atoms with Crippen LogP contribution in [0.1, 0.15) is 39.5 Å². The Morgan fingerprint density at radius 1 is 1.25 bits per heavy atom. The lowest BCUT2D eigenvalue weighted by atomic mass is 10.3. The molecule has 7 nitrogen and oxygen atoms in total. The van der Waals surface area contributed by atoms with Crippen LogP contribution in [0.4, 0.5) is 4.79 Å². The molecule has 3 N–H and O–H groups in total. The van der Waals surface area contributed by atoms with Crippen LogP contribution in [-0.4, -0.2) is 51.0 Å². The molecule has 1 aliphatic rings. The number of nitrogens with one attached hydrogen (secondary N) is 3. The van der Waals surface area contributed by atoms with Gasteiger partial charge in [0.05, 0.1) is 0 Å². The highest BCUT2D eigenvalue weighted by molar-refractivity contribution is 7.87. The largest absolute Gasteiger partial charge is 0.337 e. The second-order valence-corrected chi connectivity index (χ2v) is 7.22. The van der Waals surface area contributed by atoms with E-state index in [1.807, 2.05) is 13.8 Å². The van der Waals surface area contributed by atoms with Crippen LogP contribution in [0, 0.1) is 0 Å². The van der Waals surface area contributed by atoms with Gasteiger partial charge in [-0.15, -0.1) is 0 Å². The van der Waals surface area contributed by atoms with Gasteiger partial charge < -0.3 is 10.6 Å². The Morgan fingerprint density at radius 3 is 2.40 bits per heavy atom. The molecule has 0 aromatic rings. The molecule has 118 valence electrons. The number of carbonyl (C=O) groups is 1. The topological polar surface area (TPSA) is 90.5 Å². The second-order valence-electron chi connectivity index (χ2n) is 5.41. The van der Waals surface area contributed by atoms with E-state index in [1.54, 1.807) is 7.05 Å². The van der Waals surface area contributed by atoms with E-state index in [4.69, 9.17) is 0 Å². The highest BCUT2D eigenvalue weighted by atomic mass is 32.2. The van der Waals surface area contributed by atoms with Gasteiger partial charge in [0.15, 0.2) is 0 Å². The molecule has 0 aromatic carbocycles. The maximum atomic E-state index is 12.0. The molecule has 0 unspecified atom stereocenters. The predicted molar refractivity (Wildman–Crippen MR) is 78.6 cm³/mol. The molecule has 1 fully saturated rings. The van der Waals surface area contributed by atoms with Crippen LogP contribution in [0.3, 0.4) is 0 Å². The van der Waals surface area contributed by atoms with E-state index in [0.29, 0.717) is 0 Å². The Labute approximate surface area is 121 Å². The summed E-state index contributed by atoms with van der Waals surface area (Å²) in [6.07, 6.45) is 4.02. The summed E-state index contributed by atoms with van der Waals surface area (Å²) >= 11 is 0. The van der Waals surface area contributed by atoms with Crippen molar-refractivity contribution < 1.29 is 13.2 Å². The first-order chi connectivity index (χ1) is 9.33. The molecule has 0 radical (unpaired) electrons. The second kappa shape index (κ2) is 7.80. The van der Waals surface area contributed by atoms with Gasteiger partial charge in [-0.1, -0.05) is 12.8 Å². The van der Waals surface area contributed by atoms with Crippen LogP contribution < -0.4 is 15.4 Å². The average Bonchev–Trinajstić information content (AvgIpc) is 2.86. The van der Waals surface area contributed by atoms with Crippen molar-refractivity contribution in [2.45, 2.75) is 51.6 Å². The number of urea groups is 1. The lowest BCUT2D eigenvalue weighted by Crippen LogP contribution is -2.47. The van der Waals surface area contributed by atoms with Gasteiger partial charge in [0, 0.05) is 32.2 Å². The summed E-state index contributed by atoms with van der Waals surface area (Å²) in [6, 6.07) is -0.131. The van der Waals surface area contributed by atoms with Gasteiger partial charge in [-0.05, 0) is 26.7 Å². The minimum atomic E-state index is -3.45. The zero-order chi connectivity index (χ0) is 15.2. The van der Waals surface area contributed by atoms with Crippen LogP contribution in [0.2, 0.25) is 0 Å². The fraction of sp³-hybridized carbons (Fsp3) is 0.917. The Balaban J connectivity index is 2.27. The van der Waals surface area contributed by atoms with Gasteiger partial charge in [-0.25, -0.2) is 9.52 Å². The summed E-state index contributed by atoms with van der Waals surface area (Å²) in [5, 5.41) is 5.27. The zero-order valence-electron chi connectivity index (χ0n) is 12.5. The summed E-state index contributed by atoms with van der Waals surface area (Å²) in [6.45, 7) is 4.17. The molecule has 20 heavy (non-hydrogen) atoms. The van der Waals surface area contributed by atoms with Gasteiger partial charge >= 0.3 is 6.03 Å². The van der Waals surface area contributed by atoms with Crippen LogP contribution in [0.15, 0.2) is 0 Å². The van der Waals surface area contributed by atoms with Crippen molar-refractivity contribution in [3.05, 3.63) is 0 Å². The van der Waals surface area contributed by atoms with Crippen molar-refractivity contribution in [3.63, 3.8) is 0 Å². The van der Waals surface area contributed by atoms with Gasteiger partial charge in [0.2, 0.25) is 0 Å². The summed E-state index contributed by atoms with van der Waals surface area (Å²) in [7, 11) is -1.84. The molecular weight excluding hydrogens is 280 g/mol. The van der Waals surface area contributed by atoms with E-state index >= 15 is 0 Å². The molecule has 1 rings (SSSR count). The smallest absolute Gasteiger partial charge is 0.315 e. The summed E-state index contributed by atoms with van der Waals surface area (Å²) in [5.41, 5.74) is 0. The Bertz CT molecular complexity index is 405. The normalized spacial score (nSPS) is 16.9. The monoisotopic (exact) mass is 306 g/mol. The zero-order valence-corrected chi connectivity index (χ0v) is 13.3. The van der Waals surface area contributed by atoms with Crippen LogP contribution in [0.5, 0.6) is 0 Å². The third kappa shape index (κ3) is 5.64. The molecule has 0 heterocycles. The Hall–Kier alpha value is -0.860. The van der Waals surface area contributed by atoms with Crippen molar-refractivity contribution in [3.8, 4) is 0 Å². The summed E-state index contributed by atoms with van der Waals surface area (Å²) < 4.78 is 28.0. The van der Waals surface area contributed by atoms with Crippen molar-refractivity contribution in [2.24, 2.45) is 0 Å². The van der Waals surface area contributed by atoms with Crippen LogP contribution >= 0.6 is 0 Å².